The number of sulfonamides is 1. The van der Waals surface area contributed by atoms with E-state index < -0.39 is 21.3 Å². The van der Waals surface area contributed by atoms with Gasteiger partial charge >= 0.3 is 0 Å². The van der Waals surface area contributed by atoms with E-state index in [-0.39, 0.29) is 10.6 Å². The summed E-state index contributed by atoms with van der Waals surface area (Å²) in [4.78, 5) is 12.9. The molecule has 0 aliphatic heterocycles. The Kier molecular flexibility index (Phi) is 5.44. The maximum atomic E-state index is 13.1. The molecule has 5 nitrogen and oxygen atoms in total. The number of carbonyl (C=O) groups excluding carboxylic acids is 1. The van der Waals surface area contributed by atoms with Gasteiger partial charge in [-0.2, -0.15) is 0 Å². The topological polar surface area (TPSA) is 63.7 Å². The van der Waals surface area contributed by atoms with Crippen LogP contribution in [0.1, 0.15) is 20.8 Å². The van der Waals surface area contributed by atoms with Crippen molar-refractivity contribution in [1.29, 1.82) is 0 Å². The zero-order chi connectivity index (χ0) is 18.8. The first-order valence-corrected chi connectivity index (χ1v) is 9.38. The molecule has 0 bridgehead atoms. The van der Waals surface area contributed by atoms with Crippen molar-refractivity contribution >= 4 is 33.2 Å². The maximum Gasteiger partial charge on any atom is 0.270 e. The summed E-state index contributed by atoms with van der Waals surface area (Å²) in [7, 11) is -2.58. The zero-order valence-corrected chi connectivity index (χ0v) is 16.1. The summed E-state index contributed by atoms with van der Waals surface area (Å²) >= 11 is 5.84. The van der Waals surface area contributed by atoms with Crippen LogP contribution < -0.4 is 9.04 Å². The van der Waals surface area contributed by atoms with Gasteiger partial charge < -0.3 is 4.74 Å². The average Bonchev–Trinajstić information content (AvgIpc) is 2.55. The van der Waals surface area contributed by atoms with E-state index in [9.17, 15) is 13.2 Å². The lowest BCUT2D eigenvalue weighted by Gasteiger charge is -2.29. The SMILES string of the molecule is COc1ccc(N(C(=O)C(C)(C)C)S(=O)(=O)c2ccc(Cl)cc2)cc1. The van der Waals surface area contributed by atoms with Crippen molar-refractivity contribution in [3.8, 4) is 5.75 Å². The van der Waals surface area contributed by atoms with Gasteiger partial charge in [-0.15, -0.1) is 0 Å². The van der Waals surface area contributed by atoms with Crippen molar-refractivity contribution in [3.63, 3.8) is 0 Å². The minimum atomic E-state index is -4.09. The van der Waals surface area contributed by atoms with Crippen LogP contribution in [0.15, 0.2) is 53.4 Å². The number of amides is 1. The predicted molar refractivity (Wildman–Crippen MR) is 98.6 cm³/mol. The molecule has 0 saturated carbocycles. The number of anilines is 1. The molecule has 0 spiro atoms. The second-order valence-corrected chi connectivity index (χ2v) is 8.70. The quantitative estimate of drug-likeness (QED) is 0.799. The fourth-order valence-corrected chi connectivity index (χ4v) is 3.81. The molecular formula is C18H20ClNO4S. The van der Waals surface area contributed by atoms with Gasteiger partial charge in [-0.05, 0) is 48.5 Å². The summed E-state index contributed by atoms with van der Waals surface area (Å²) in [5.74, 6) is 0.0309. The van der Waals surface area contributed by atoms with Crippen LogP contribution in [0.2, 0.25) is 5.02 Å². The Hall–Kier alpha value is -2.05. The van der Waals surface area contributed by atoms with Gasteiger partial charge in [0.05, 0.1) is 17.7 Å². The Morgan fingerprint density at radius 2 is 1.52 bits per heavy atom. The highest BCUT2D eigenvalue weighted by atomic mass is 35.5. The van der Waals surface area contributed by atoms with Crippen LogP contribution in [0.25, 0.3) is 0 Å². The lowest BCUT2D eigenvalue weighted by atomic mass is 9.95. The molecule has 134 valence electrons. The van der Waals surface area contributed by atoms with Gasteiger partial charge in [0.15, 0.2) is 0 Å². The van der Waals surface area contributed by atoms with Crippen molar-refractivity contribution in [2.45, 2.75) is 25.7 Å². The van der Waals surface area contributed by atoms with E-state index in [0.29, 0.717) is 10.8 Å². The van der Waals surface area contributed by atoms with Gasteiger partial charge in [0, 0.05) is 10.4 Å². The number of methoxy groups -OCH3 is 1. The molecule has 25 heavy (non-hydrogen) atoms. The van der Waals surface area contributed by atoms with E-state index in [1.807, 2.05) is 0 Å². The first-order valence-electron chi connectivity index (χ1n) is 7.57. The number of benzene rings is 2. The molecule has 0 aliphatic rings. The van der Waals surface area contributed by atoms with Crippen LogP contribution in [0.4, 0.5) is 5.69 Å². The standard InChI is InChI=1S/C18H20ClNO4S/c1-18(2,3)17(21)20(14-7-9-15(24-4)10-8-14)25(22,23)16-11-5-13(19)6-12-16/h5-12H,1-4H3. The molecule has 0 fully saturated rings. The van der Waals surface area contributed by atoms with Crippen molar-refractivity contribution in [1.82, 2.24) is 0 Å². The van der Waals surface area contributed by atoms with Crippen LogP contribution >= 0.6 is 11.6 Å². The molecule has 2 rings (SSSR count). The molecule has 2 aromatic carbocycles. The van der Waals surface area contributed by atoms with Crippen LogP contribution in [-0.4, -0.2) is 21.4 Å². The molecule has 1 amide bonds. The monoisotopic (exact) mass is 381 g/mol. The van der Waals surface area contributed by atoms with Gasteiger partial charge in [0.1, 0.15) is 5.75 Å². The van der Waals surface area contributed by atoms with Crippen LogP contribution in [0, 0.1) is 5.41 Å². The Bertz CT molecular complexity index is 853. The van der Waals surface area contributed by atoms with Crippen molar-refractivity contribution < 1.29 is 17.9 Å². The molecule has 0 heterocycles. The highest BCUT2D eigenvalue weighted by Gasteiger charge is 2.37. The zero-order valence-electron chi connectivity index (χ0n) is 14.5. The largest absolute Gasteiger partial charge is 0.497 e. The van der Waals surface area contributed by atoms with Gasteiger partial charge in [0.2, 0.25) is 5.91 Å². The molecule has 0 aromatic heterocycles. The first-order chi connectivity index (χ1) is 11.6. The van der Waals surface area contributed by atoms with Gasteiger partial charge in [-0.1, -0.05) is 32.4 Å². The van der Waals surface area contributed by atoms with Crippen molar-refractivity contribution in [3.05, 3.63) is 53.6 Å². The maximum absolute atomic E-state index is 13.1. The van der Waals surface area contributed by atoms with E-state index in [1.165, 1.54) is 43.5 Å². The second kappa shape index (κ2) is 7.06. The third-order valence-corrected chi connectivity index (χ3v) is 5.46. The van der Waals surface area contributed by atoms with Gasteiger partial charge in [0.25, 0.3) is 10.0 Å². The Morgan fingerprint density at radius 3 is 1.96 bits per heavy atom. The fraction of sp³-hybridized carbons (Fsp3) is 0.278. The van der Waals surface area contributed by atoms with Gasteiger partial charge in [-0.25, -0.2) is 12.7 Å². The fourth-order valence-electron chi connectivity index (χ4n) is 2.10. The predicted octanol–water partition coefficient (Wildman–Crippen LogP) is 4.12. The molecule has 0 N–H and O–H groups in total. The molecule has 0 saturated heterocycles. The minimum absolute atomic E-state index is 0.00896. The number of carbonyl (C=O) groups is 1. The minimum Gasteiger partial charge on any atom is -0.497 e. The molecule has 0 atom stereocenters. The number of nitrogens with zero attached hydrogens (tertiary/aromatic N) is 1. The van der Waals surface area contributed by atoms with Crippen LogP contribution in [0.5, 0.6) is 5.75 Å². The Labute approximate surface area is 153 Å². The summed E-state index contributed by atoms with van der Waals surface area (Å²) < 4.78 is 32.2. The first kappa shape index (κ1) is 19.3. The third kappa shape index (κ3) is 4.14. The highest BCUT2D eigenvalue weighted by molar-refractivity contribution is 7.93. The van der Waals surface area contributed by atoms with E-state index in [1.54, 1.807) is 32.9 Å². The van der Waals surface area contributed by atoms with Crippen LogP contribution in [0.3, 0.4) is 0 Å². The lowest BCUT2D eigenvalue weighted by Crippen LogP contribution is -2.43. The average molecular weight is 382 g/mol. The summed E-state index contributed by atoms with van der Waals surface area (Å²) in [6, 6.07) is 12.0. The molecule has 2 aromatic rings. The van der Waals surface area contributed by atoms with E-state index in [0.717, 1.165) is 4.31 Å². The second-order valence-electron chi connectivity index (χ2n) is 6.48. The molecule has 0 radical (unpaired) electrons. The van der Waals surface area contributed by atoms with Crippen molar-refractivity contribution in [2.75, 3.05) is 11.4 Å². The summed E-state index contributed by atoms with van der Waals surface area (Å²) in [6.07, 6.45) is 0. The van der Waals surface area contributed by atoms with Crippen LogP contribution in [-0.2, 0) is 14.8 Å². The molecular weight excluding hydrogens is 362 g/mol. The highest BCUT2D eigenvalue weighted by Crippen LogP contribution is 2.31. The third-order valence-electron chi connectivity index (χ3n) is 3.48. The molecule has 0 unspecified atom stereocenters. The van der Waals surface area contributed by atoms with Gasteiger partial charge in [-0.3, -0.25) is 4.79 Å². The summed E-state index contributed by atoms with van der Waals surface area (Å²) in [6.45, 7) is 5.01. The summed E-state index contributed by atoms with van der Waals surface area (Å²) in [5, 5.41) is 0.414. The number of hydrogen-bond donors (Lipinski definition) is 0. The van der Waals surface area contributed by atoms with E-state index >= 15 is 0 Å². The van der Waals surface area contributed by atoms with E-state index in [2.05, 4.69) is 0 Å². The van der Waals surface area contributed by atoms with E-state index in [4.69, 9.17) is 16.3 Å². The number of hydrogen-bond acceptors (Lipinski definition) is 4. The number of rotatable bonds is 4. The molecule has 7 heteroatoms. The Balaban J connectivity index is 2.61. The molecule has 0 aliphatic carbocycles. The summed E-state index contributed by atoms with van der Waals surface area (Å²) in [5.41, 5.74) is -0.643. The lowest BCUT2D eigenvalue weighted by molar-refractivity contribution is -0.124. The van der Waals surface area contributed by atoms with Crippen molar-refractivity contribution in [2.24, 2.45) is 5.41 Å². The smallest absolute Gasteiger partial charge is 0.270 e. The number of ether oxygens (including phenoxy) is 1. The normalized spacial score (nSPS) is 11.9. The number of halogens is 1. The Morgan fingerprint density at radius 1 is 1.00 bits per heavy atom.